The number of hydrogen-bond donors (Lipinski definition) is 1. The average Bonchev–Trinajstić information content (AvgIpc) is 3.23. The minimum absolute atomic E-state index is 0.114. The summed E-state index contributed by atoms with van der Waals surface area (Å²) in [7, 11) is 0. The summed E-state index contributed by atoms with van der Waals surface area (Å²) in [6, 6.07) is 13.4. The molecule has 1 N–H and O–H groups in total. The molecule has 0 saturated carbocycles. The monoisotopic (exact) mass is 508 g/mol. The van der Waals surface area contributed by atoms with Crippen LogP contribution in [0, 0.1) is 19.7 Å². The molecule has 2 heterocycles. The first kappa shape index (κ1) is 25.8. The van der Waals surface area contributed by atoms with E-state index in [1.54, 1.807) is 48.5 Å². The third kappa shape index (κ3) is 5.44. The maximum atomic E-state index is 14.0. The summed E-state index contributed by atoms with van der Waals surface area (Å²) in [5, 5.41) is 0. The summed E-state index contributed by atoms with van der Waals surface area (Å²) in [5.41, 5.74) is -1.19. The molecule has 1 aliphatic heterocycles. The van der Waals surface area contributed by atoms with Crippen LogP contribution >= 0.6 is 0 Å². The molecule has 192 valence electrons. The van der Waals surface area contributed by atoms with E-state index < -0.39 is 53.5 Å². The zero-order valence-corrected chi connectivity index (χ0v) is 20.2. The van der Waals surface area contributed by atoms with Crippen LogP contribution in [0.2, 0.25) is 0 Å². The zero-order chi connectivity index (χ0) is 26.7. The molecule has 3 atom stereocenters. The van der Waals surface area contributed by atoms with Gasteiger partial charge >= 0.3 is 17.6 Å². The van der Waals surface area contributed by atoms with Crippen LogP contribution in [-0.4, -0.2) is 39.8 Å². The predicted octanol–water partition coefficient (Wildman–Crippen LogP) is 3.22. The van der Waals surface area contributed by atoms with Crippen LogP contribution in [0.15, 0.2) is 77.0 Å². The summed E-state index contributed by atoms with van der Waals surface area (Å²) in [5.74, 6) is -2.52. The molecular weight excluding hydrogens is 483 g/mol. The van der Waals surface area contributed by atoms with Crippen LogP contribution in [0.4, 0.5) is 4.39 Å². The van der Waals surface area contributed by atoms with E-state index in [0.717, 1.165) is 15.7 Å². The van der Waals surface area contributed by atoms with Gasteiger partial charge in [-0.1, -0.05) is 48.0 Å². The minimum atomic E-state index is -1.57. The van der Waals surface area contributed by atoms with Gasteiger partial charge in [-0.25, -0.2) is 14.4 Å². The molecule has 0 spiro atoms. The number of carbonyl (C=O) groups excluding carboxylic acids is 2. The number of aryl methyl sites for hydroxylation is 2. The number of esters is 2. The Bertz CT molecular complexity index is 1440. The molecule has 0 amide bonds. The number of nitrogens with zero attached hydrogens (tertiary/aromatic N) is 1. The van der Waals surface area contributed by atoms with Crippen molar-refractivity contribution in [2.75, 3.05) is 6.61 Å². The largest absolute Gasteiger partial charge is 0.459 e. The van der Waals surface area contributed by atoms with Gasteiger partial charge in [0.15, 0.2) is 5.60 Å². The van der Waals surface area contributed by atoms with Crippen molar-refractivity contribution < 1.29 is 28.2 Å². The Morgan fingerprint density at radius 1 is 1.08 bits per heavy atom. The normalized spacial score (nSPS) is 20.8. The second kappa shape index (κ2) is 10.4. The van der Waals surface area contributed by atoms with Gasteiger partial charge in [0.2, 0.25) is 5.82 Å². The Hall–Kier alpha value is -4.31. The van der Waals surface area contributed by atoms with Gasteiger partial charge in [-0.05, 0) is 38.1 Å². The SMILES string of the molecule is C=C[C@]1(COC(=O)c2ccc(C)cc2)O[C@@H](n2cc(F)c(=O)[nH]c2=O)C[C@@H]1OC(=O)c1ccc(C)cc1. The fourth-order valence-corrected chi connectivity index (χ4v) is 3.96. The Morgan fingerprint density at radius 3 is 2.22 bits per heavy atom. The first-order valence-corrected chi connectivity index (χ1v) is 11.5. The van der Waals surface area contributed by atoms with Gasteiger partial charge < -0.3 is 14.2 Å². The van der Waals surface area contributed by atoms with E-state index in [1.165, 1.54) is 6.08 Å². The average molecular weight is 509 g/mol. The van der Waals surface area contributed by atoms with Crippen LogP contribution in [0.25, 0.3) is 0 Å². The van der Waals surface area contributed by atoms with Crippen LogP contribution in [0.5, 0.6) is 0 Å². The number of hydrogen-bond acceptors (Lipinski definition) is 7. The Kier molecular flexibility index (Phi) is 7.21. The van der Waals surface area contributed by atoms with E-state index in [9.17, 15) is 23.6 Å². The van der Waals surface area contributed by atoms with Crippen molar-refractivity contribution in [2.45, 2.75) is 38.2 Å². The Balaban J connectivity index is 1.63. The van der Waals surface area contributed by atoms with Gasteiger partial charge in [-0.15, -0.1) is 0 Å². The van der Waals surface area contributed by atoms with E-state index in [2.05, 4.69) is 6.58 Å². The van der Waals surface area contributed by atoms with Gasteiger partial charge in [0.25, 0.3) is 5.56 Å². The molecule has 0 unspecified atom stereocenters. The van der Waals surface area contributed by atoms with Gasteiger partial charge in [0.1, 0.15) is 18.9 Å². The molecule has 1 saturated heterocycles. The molecule has 37 heavy (non-hydrogen) atoms. The molecule has 0 bridgehead atoms. The second-order valence-corrected chi connectivity index (χ2v) is 8.81. The number of rotatable bonds is 7. The van der Waals surface area contributed by atoms with E-state index in [0.29, 0.717) is 11.8 Å². The molecule has 3 aromatic rings. The van der Waals surface area contributed by atoms with Crippen LogP contribution in [0.1, 0.15) is 44.5 Å². The Morgan fingerprint density at radius 2 is 1.65 bits per heavy atom. The maximum Gasteiger partial charge on any atom is 0.338 e. The lowest BCUT2D eigenvalue weighted by atomic mass is 9.97. The highest BCUT2D eigenvalue weighted by molar-refractivity contribution is 5.90. The lowest BCUT2D eigenvalue weighted by Crippen LogP contribution is -2.45. The number of nitrogens with one attached hydrogen (secondary N) is 1. The number of halogens is 1. The third-order valence-corrected chi connectivity index (χ3v) is 6.15. The van der Waals surface area contributed by atoms with Crippen LogP contribution < -0.4 is 11.2 Å². The summed E-state index contributed by atoms with van der Waals surface area (Å²) in [6.07, 6.45) is -0.322. The van der Waals surface area contributed by atoms with Crippen LogP contribution in [0.3, 0.4) is 0 Å². The molecule has 1 aliphatic rings. The standard InChI is InChI=1S/C27H25FN2O7/c1-4-27(15-35-24(32)18-9-5-16(2)6-10-18)21(36-25(33)19-11-7-17(3)8-12-19)13-22(37-27)30-14-20(28)23(31)29-26(30)34/h4-12,14,21-22H,1,13,15H2,2-3H3,(H,29,31,34)/t21-,22+,27+/m0/s1. The molecule has 4 rings (SSSR count). The lowest BCUT2D eigenvalue weighted by molar-refractivity contribution is -0.104. The molecule has 0 aliphatic carbocycles. The highest BCUT2D eigenvalue weighted by Crippen LogP contribution is 2.40. The molecule has 1 aromatic heterocycles. The highest BCUT2D eigenvalue weighted by atomic mass is 19.1. The number of aromatic amines is 1. The van der Waals surface area contributed by atoms with Gasteiger partial charge in [0.05, 0.1) is 17.3 Å². The maximum absolute atomic E-state index is 14.0. The van der Waals surface area contributed by atoms with Crippen molar-refractivity contribution in [1.82, 2.24) is 9.55 Å². The van der Waals surface area contributed by atoms with Crippen molar-refractivity contribution in [1.29, 1.82) is 0 Å². The topological polar surface area (TPSA) is 117 Å². The zero-order valence-electron chi connectivity index (χ0n) is 20.2. The number of ether oxygens (including phenoxy) is 3. The summed E-state index contributed by atoms with van der Waals surface area (Å²) in [6.45, 7) is 7.11. The molecule has 1 fully saturated rings. The quantitative estimate of drug-likeness (QED) is 0.385. The first-order chi connectivity index (χ1) is 17.6. The van der Waals surface area contributed by atoms with Gasteiger partial charge in [-0.2, -0.15) is 4.39 Å². The molecular formula is C27H25FN2O7. The van der Waals surface area contributed by atoms with Crippen molar-refractivity contribution >= 4 is 11.9 Å². The van der Waals surface area contributed by atoms with E-state index in [4.69, 9.17) is 14.2 Å². The molecule has 2 aromatic carbocycles. The first-order valence-electron chi connectivity index (χ1n) is 11.5. The lowest BCUT2D eigenvalue weighted by Gasteiger charge is -2.30. The number of benzene rings is 2. The fourth-order valence-electron chi connectivity index (χ4n) is 3.96. The summed E-state index contributed by atoms with van der Waals surface area (Å²) in [4.78, 5) is 51.3. The van der Waals surface area contributed by atoms with Crippen molar-refractivity contribution in [3.05, 3.63) is 116 Å². The third-order valence-electron chi connectivity index (χ3n) is 6.15. The van der Waals surface area contributed by atoms with Gasteiger partial charge in [0, 0.05) is 6.42 Å². The fraction of sp³-hybridized carbons (Fsp3) is 0.259. The van der Waals surface area contributed by atoms with Gasteiger partial charge in [-0.3, -0.25) is 14.3 Å². The molecule has 10 heteroatoms. The summed E-state index contributed by atoms with van der Waals surface area (Å²) >= 11 is 0. The number of aromatic nitrogens is 2. The van der Waals surface area contributed by atoms with Crippen molar-refractivity contribution in [2.24, 2.45) is 0 Å². The smallest absolute Gasteiger partial charge is 0.338 e. The highest BCUT2D eigenvalue weighted by Gasteiger charge is 2.51. The molecule has 0 radical (unpaired) electrons. The second-order valence-electron chi connectivity index (χ2n) is 8.81. The van der Waals surface area contributed by atoms with E-state index in [-0.39, 0.29) is 12.0 Å². The van der Waals surface area contributed by atoms with E-state index >= 15 is 0 Å². The molecule has 9 nitrogen and oxygen atoms in total. The summed E-state index contributed by atoms with van der Waals surface area (Å²) < 4.78 is 32.1. The number of H-pyrrole nitrogens is 1. The van der Waals surface area contributed by atoms with Crippen LogP contribution in [-0.2, 0) is 14.2 Å². The van der Waals surface area contributed by atoms with Crippen molar-refractivity contribution in [3.63, 3.8) is 0 Å². The van der Waals surface area contributed by atoms with E-state index in [1.807, 2.05) is 18.8 Å². The van der Waals surface area contributed by atoms with Crippen molar-refractivity contribution in [3.8, 4) is 0 Å². The minimum Gasteiger partial charge on any atom is -0.459 e. The number of carbonyl (C=O) groups is 2. The predicted molar refractivity (Wildman–Crippen MR) is 131 cm³/mol. The Labute approximate surface area is 211 Å².